The Bertz CT molecular complexity index is 1100. The quantitative estimate of drug-likeness (QED) is 0.694. The Morgan fingerprint density at radius 1 is 1.07 bits per heavy atom. The van der Waals surface area contributed by atoms with Crippen molar-refractivity contribution in [3.8, 4) is 0 Å². The normalized spacial score (nSPS) is 12.3. The van der Waals surface area contributed by atoms with Crippen molar-refractivity contribution in [1.82, 2.24) is 3.97 Å². The summed E-state index contributed by atoms with van der Waals surface area (Å²) in [6, 6.07) is 3.05. The molecule has 1 aromatic carbocycles. The lowest BCUT2D eigenvalue weighted by Crippen LogP contribution is -2.17. The van der Waals surface area contributed by atoms with Crippen molar-refractivity contribution >= 4 is 42.6 Å². The number of carbonyl (C=O) groups excluding carboxylic acids is 1. The Kier molecular flexibility index (Phi) is 5.91. The standard InChI is InChI=1S/C17H24N2O6S2/c1-6-25-17(20)16-12(5)19(27(23,24)8-3)15-9-11(4)14(10-13(15)16)18-26(21,22)7-2/h9-10,18H,6-8H2,1-5H3. The van der Waals surface area contributed by atoms with Gasteiger partial charge in [-0.1, -0.05) is 0 Å². The summed E-state index contributed by atoms with van der Waals surface area (Å²) in [7, 11) is -7.22. The van der Waals surface area contributed by atoms with Crippen LogP contribution < -0.4 is 4.72 Å². The monoisotopic (exact) mass is 416 g/mol. The van der Waals surface area contributed by atoms with Gasteiger partial charge in [0.15, 0.2) is 0 Å². The molecule has 0 atom stereocenters. The van der Waals surface area contributed by atoms with E-state index in [4.69, 9.17) is 4.74 Å². The molecule has 150 valence electrons. The summed E-state index contributed by atoms with van der Waals surface area (Å²) in [5.74, 6) is -0.916. The number of fused-ring (bicyclic) bond motifs is 1. The number of rotatable bonds is 7. The summed E-state index contributed by atoms with van der Waals surface area (Å²) in [5.41, 5.74) is 1.50. The van der Waals surface area contributed by atoms with Crippen LogP contribution in [0.2, 0.25) is 0 Å². The van der Waals surface area contributed by atoms with Gasteiger partial charge in [0, 0.05) is 11.1 Å². The van der Waals surface area contributed by atoms with Crippen molar-refractivity contribution in [1.29, 1.82) is 0 Å². The van der Waals surface area contributed by atoms with Gasteiger partial charge in [-0.3, -0.25) is 4.72 Å². The molecule has 0 bridgehead atoms. The maximum absolute atomic E-state index is 12.6. The lowest BCUT2D eigenvalue weighted by atomic mass is 10.1. The van der Waals surface area contributed by atoms with E-state index in [1.165, 1.54) is 26.8 Å². The van der Waals surface area contributed by atoms with E-state index in [9.17, 15) is 21.6 Å². The fraction of sp³-hybridized carbons (Fsp3) is 0.471. The van der Waals surface area contributed by atoms with Crippen LogP contribution in [0.4, 0.5) is 5.69 Å². The van der Waals surface area contributed by atoms with Gasteiger partial charge in [0.25, 0.3) is 0 Å². The van der Waals surface area contributed by atoms with Gasteiger partial charge in [-0.15, -0.1) is 0 Å². The highest BCUT2D eigenvalue weighted by atomic mass is 32.2. The number of ether oxygens (including phenoxy) is 1. The van der Waals surface area contributed by atoms with Crippen LogP contribution >= 0.6 is 0 Å². The number of benzene rings is 1. The van der Waals surface area contributed by atoms with Crippen LogP contribution in [-0.4, -0.2) is 44.9 Å². The molecule has 10 heteroatoms. The predicted octanol–water partition coefficient (Wildman–Crippen LogP) is 2.39. The third-order valence-electron chi connectivity index (χ3n) is 4.27. The molecule has 1 N–H and O–H groups in total. The number of nitrogens with zero attached hydrogens (tertiary/aromatic N) is 1. The number of sulfonamides is 1. The fourth-order valence-electron chi connectivity index (χ4n) is 2.84. The minimum Gasteiger partial charge on any atom is -0.462 e. The van der Waals surface area contributed by atoms with Gasteiger partial charge < -0.3 is 4.74 Å². The minimum absolute atomic E-state index is 0.112. The molecule has 1 heterocycles. The molecule has 27 heavy (non-hydrogen) atoms. The van der Waals surface area contributed by atoms with Gasteiger partial charge in [0.2, 0.25) is 20.0 Å². The van der Waals surface area contributed by atoms with Crippen molar-refractivity contribution in [3.63, 3.8) is 0 Å². The SMILES string of the molecule is CCOC(=O)c1c(C)n(S(=O)(=O)CC)c2cc(C)c(NS(=O)(=O)CC)cc12. The average Bonchev–Trinajstić information content (AvgIpc) is 2.87. The highest BCUT2D eigenvalue weighted by molar-refractivity contribution is 7.92. The predicted molar refractivity (Wildman–Crippen MR) is 105 cm³/mol. The molecule has 8 nitrogen and oxygen atoms in total. The number of nitrogens with one attached hydrogen (secondary N) is 1. The first-order chi connectivity index (χ1) is 12.5. The molecule has 0 aliphatic rings. The summed E-state index contributed by atoms with van der Waals surface area (Å²) < 4.78 is 57.8. The Balaban J connectivity index is 2.90. The van der Waals surface area contributed by atoms with E-state index in [0.717, 1.165) is 3.97 Å². The zero-order valence-electron chi connectivity index (χ0n) is 16.0. The molecule has 0 saturated carbocycles. The third-order valence-corrected chi connectivity index (χ3v) is 7.31. The minimum atomic E-state index is -3.68. The van der Waals surface area contributed by atoms with E-state index in [1.54, 1.807) is 19.9 Å². The highest BCUT2D eigenvalue weighted by Crippen LogP contribution is 2.33. The molecule has 2 aromatic rings. The molecule has 0 aliphatic heterocycles. The maximum atomic E-state index is 12.6. The van der Waals surface area contributed by atoms with Crippen LogP contribution in [0.15, 0.2) is 12.1 Å². The van der Waals surface area contributed by atoms with Crippen molar-refractivity contribution in [2.75, 3.05) is 22.8 Å². The van der Waals surface area contributed by atoms with Crippen LogP contribution in [0.25, 0.3) is 10.9 Å². The molecular formula is C17H24N2O6S2. The number of anilines is 1. The second-order valence-corrected chi connectivity index (χ2v) is 10.2. The maximum Gasteiger partial charge on any atom is 0.340 e. The molecule has 0 amide bonds. The number of esters is 1. The fourth-order valence-corrected chi connectivity index (χ4v) is 4.75. The summed E-state index contributed by atoms with van der Waals surface area (Å²) in [6.45, 7) is 8.01. The van der Waals surface area contributed by atoms with Crippen LogP contribution in [0.5, 0.6) is 0 Å². The summed E-state index contributed by atoms with van der Waals surface area (Å²) in [5, 5.41) is 0.322. The molecule has 0 radical (unpaired) electrons. The van der Waals surface area contributed by atoms with Crippen molar-refractivity contribution in [3.05, 3.63) is 29.0 Å². The second-order valence-electron chi connectivity index (χ2n) is 6.04. The van der Waals surface area contributed by atoms with E-state index in [-0.39, 0.29) is 29.4 Å². The zero-order chi connectivity index (χ0) is 20.6. The van der Waals surface area contributed by atoms with Gasteiger partial charge in [0.05, 0.1) is 34.9 Å². The van der Waals surface area contributed by atoms with Crippen LogP contribution in [0.1, 0.15) is 42.4 Å². The zero-order valence-corrected chi connectivity index (χ0v) is 17.6. The summed E-state index contributed by atoms with van der Waals surface area (Å²) in [4.78, 5) is 12.5. The van der Waals surface area contributed by atoms with E-state index < -0.39 is 26.0 Å². The Hall–Kier alpha value is -2.07. The van der Waals surface area contributed by atoms with Gasteiger partial charge in [0.1, 0.15) is 0 Å². The van der Waals surface area contributed by atoms with Crippen molar-refractivity contribution in [2.45, 2.75) is 34.6 Å². The summed E-state index contributed by atoms with van der Waals surface area (Å²) >= 11 is 0. The van der Waals surface area contributed by atoms with Crippen LogP contribution in [0.3, 0.4) is 0 Å². The Labute approximate surface area is 159 Å². The molecule has 1 aromatic heterocycles. The first-order valence-corrected chi connectivity index (χ1v) is 11.8. The average molecular weight is 417 g/mol. The molecule has 0 saturated heterocycles. The Morgan fingerprint density at radius 2 is 1.70 bits per heavy atom. The molecule has 0 spiro atoms. The molecule has 0 unspecified atom stereocenters. The topological polar surface area (TPSA) is 112 Å². The van der Waals surface area contributed by atoms with Gasteiger partial charge >= 0.3 is 5.97 Å². The second kappa shape index (κ2) is 7.51. The third kappa shape index (κ3) is 3.96. The van der Waals surface area contributed by atoms with Crippen LogP contribution in [0, 0.1) is 13.8 Å². The number of hydrogen-bond acceptors (Lipinski definition) is 6. The molecule has 2 rings (SSSR count). The number of aryl methyl sites for hydroxylation is 1. The van der Waals surface area contributed by atoms with Gasteiger partial charge in [-0.05, 0) is 52.3 Å². The van der Waals surface area contributed by atoms with Gasteiger partial charge in [-0.25, -0.2) is 25.6 Å². The van der Waals surface area contributed by atoms with E-state index in [1.807, 2.05) is 0 Å². The van der Waals surface area contributed by atoms with Crippen LogP contribution in [-0.2, 0) is 24.8 Å². The van der Waals surface area contributed by atoms with E-state index in [0.29, 0.717) is 22.2 Å². The lowest BCUT2D eigenvalue weighted by molar-refractivity contribution is 0.0528. The summed E-state index contributed by atoms with van der Waals surface area (Å²) in [6.07, 6.45) is 0. The van der Waals surface area contributed by atoms with Crippen molar-refractivity contribution < 1.29 is 26.4 Å². The first-order valence-electron chi connectivity index (χ1n) is 8.55. The molecular weight excluding hydrogens is 392 g/mol. The first kappa shape index (κ1) is 21.2. The Morgan fingerprint density at radius 3 is 2.22 bits per heavy atom. The number of aromatic nitrogens is 1. The van der Waals surface area contributed by atoms with Crippen molar-refractivity contribution in [2.24, 2.45) is 0 Å². The number of carbonyl (C=O) groups is 1. The van der Waals surface area contributed by atoms with Gasteiger partial charge in [-0.2, -0.15) is 0 Å². The molecule has 0 aliphatic carbocycles. The smallest absolute Gasteiger partial charge is 0.340 e. The molecule has 0 fully saturated rings. The highest BCUT2D eigenvalue weighted by Gasteiger charge is 2.27. The van der Waals surface area contributed by atoms with E-state index in [2.05, 4.69) is 4.72 Å². The largest absolute Gasteiger partial charge is 0.462 e. The number of hydrogen-bond donors (Lipinski definition) is 1. The lowest BCUT2D eigenvalue weighted by Gasteiger charge is -2.11. The van der Waals surface area contributed by atoms with E-state index >= 15 is 0 Å².